The molecule has 0 bridgehead atoms. The highest BCUT2D eigenvalue weighted by Crippen LogP contribution is 2.44. The highest BCUT2D eigenvalue weighted by atomic mass is 35.5. The average molecular weight is 261 g/mol. The lowest BCUT2D eigenvalue weighted by Crippen LogP contribution is -2.54. The van der Waals surface area contributed by atoms with Gasteiger partial charge in [0.05, 0.1) is 0 Å². The summed E-state index contributed by atoms with van der Waals surface area (Å²) in [6.45, 7) is 6.43. The van der Waals surface area contributed by atoms with Crippen LogP contribution in [-0.2, 0) is 4.79 Å². The van der Waals surface area contributed by atoms with Crippen molar-refractivity contribution in [2.75, 3.05) is 13.1 Å². The van der Waals surface area contributed by atoms with Gasteiger partial charge in [0.1, 0.15) is 0 Å². The molecule has 1 saturated carbocycles. The zero-order chi connectivity index (χ0) is 11.6. The summed E-state index contributed by atoms with van der Waals surface area (Å²) in [4.78, 5) is 12.3. The molecule has 0 aromatic rings. The number of carbonyl (C=O) groups excluding carboxylic acids is 1. The fourth-order valence-corrected chi connectivity index (χ4v) is 2.89. The zero-order valence-corrected chi connectivity index (χ0v) is 11.7. The van der Waals surface area contributed by atoms with Gasteiger partial charge in [0.15, 0.2) is 0 Å². The van der Waals surface area contributed by atoms with E-state index in [1.807, 2.05) is 0 Å². The maximum Gasteiger partial charge on any atom is 0.226 e. The molecule has 2 rings (SSSR count). The van der Waals surface area contributed by atoms with Crippen molar-refractivity contribution >= 4 is 18.3 Å². The molecule has 1 aliphatic carbocycles. The van der Waals surface area contributed by atoms with Gasteiger partial charge in [0, 0.05) is 11.5 Å². The van der Waals surface area contributed by atoms with Crippen LogP contribution in [0.3, 0.4) is 0 Å². The Kier molecular flexibility index (Phi) is 5.26. The van der Waals surface area contributed by atoms with Crippen LogP contribution in [0, 0.1) is 11.3 Å². The van der Waals surface area contributed by atoms with Gasteiger partial charge >= 0.3 is 0 Å². The van der Waals surface area contributed by atoms with Crippen LogP contribution in [0.4, 0.5) is 0 Å². The number of rotatable bonds is 3. The summed E-state index contributed by atoms with van der Waals surface area (Å²) in [5, 5.41) is 6.65. The van der Waals surface area contributed by atoms with Crippen LogP contribution in [0.15, 0.2) is 0 Å². The molecule has 0 aromatic carbocycles. The molecule has 2 aliphatic rings. The van der Waals surface area contributed by atoms with Crippen LogP contribution >= 0.6 is 12.4 Å². The minimum absolute atomic E-state index is 0. The largest absolute Gasteiger partial charge is 0.353 e. The van der Waals surface area contributed by atoms with E-state index in [-0.39, 0.29) is 17.8 Å². The van der Waals surface area contributed by atoms with E-state index in [1.165, 1.54) is 6.42 Å². The van der Waals surface area contributed by atoms with Crippen LogP contribution in [0.25, 0.3) is 0 Å². The Morgan fingerprint density at radius 1 is 1.47 bits per heavy atom. The fourth-order valence-electron chi connectivity index (χ4n) is 2.89. The molecular formula is C13H25ClN2O. The van der Waals surface area contributed by atoms with Gasteiger partial charge in [-0.1, -0.05) is 20.3 Å². The Morgan fingerprint density at radius 3 is 2.65 bits per heavy atom. The van der Waals surface area contributed by atoms with Gasteiger partial charge in [-0.15, -0.1) is 12.4 Å². The Labute approximate surface area is 111 Å². The molecule has 0 radical (unpaired) electrons. The highest BCUT2D eigenvalue weighted by Gasteiger charge is 2.43. The predicted octanol–water partition coefficient (Wildman–Crippen LogP) is 2.10. The van der Waals surface area contributed by atoms with Crippen LogP contribution in [-0.4, -0.2) is 25.0 Å². The van der Waals surface area contributed by atoms with Gasteiger partial charge in [-0.3, -0.25) is 4.79 Å². The number of piperidine rings is 1. The molecular weight excluding hydrogens is 236 g/mol. The molecule has 0 spiro atoms. The summed E-state index contributed by atoms with van der Waals surface area (Å²) in [6, 6.07) is 0.387. The quantitative estimate of drug-likeness (QED) is 0.816. The molecule has 4 heteroatoms. The second kappa shape index (κ2) is 6.05. The van der Waals surface area contributed by atoms with Crippen molar-refractivity contribution in [3.63, 3.8) is 0 Å². The Hall–Kier alpha value is -0.280. The number of hydrogen-bond acceptors (Lipinski definition) is 2. The van der Waals surface area contributed by atoms with E-state index in [2.05, 4.69) is 24.5 Å². The summed E-state index contributed by atoms with van der Waals surface area (Å²) < 4.78 is 0. The van der Waals surface area contributed by atoms with E-state index in [4.69, 9.17) is 0 Å². The van der Waals surface area contributed by atoms with Crippen molar-refractivity contribution < 1.29 is 4.79 Å². The summed E-state index contributed by atoms with van der Waals surface area (Å²) in [6.07, 6.45) is 5.48. The normalized spacial score (nSPS) is 30.9. The summed E-state index contributed by atoms with van der Waals surface area (Å²) in [7, 11) is 0. The molecule has 1 amide bonds. The number of carbonyl (C=O) groups is 1. The lowest BCUT2D eigenvalue weighted by atomic mass is 9.66. The molecule has 3 nitrogen and oxygen atoms in total. The molecule has 2 unspecified atom stereocenters. The van der Waals surface area contributed by atoms with Crippen molar-refractivity contribution in [3.8, 4) is 0 Å². The van der Waals surface area contributed by atoms with Crippen LogP contribution in [0.5, 0.6) is 0 Å². The van der Waals surface area contributed by atoms with Crippen molar-refractivity contribution in [2.45, 2.75) is 52.0 Å². The van der Waals surface area contributed by atoms with Gasteiger partial charge < -0.3 is 10.6 Å². The standard InChI is InChI=1S/C13H24N2O.ClH/c1-3-13(6-4-7-13)12(16)15-11-5-8-14-9-10(11)2;/h10-11,14H,3-9H2,1-2H3,(H,15,16);1H. The first-order valence-corrected chi connectivity index (χ1v) is 6.69. The predicted molar refractivity (Wildman–Crippen MR) is 72.4 cm³/mol. The number of halogens is 1. The van der Waals surface area contributed by atoms with E-state index in [0.717, 1.165) is 38.8 Å². The van der Waals surface area contributed by atoms with Crippen molar-refractivity contribution in [1.29, 1.82) is 0 Å². The SMILES string of the molecule is CCC1(C(=O)NC2CCNCC2C)CCC1.Cl. The molecule has 2 fully saturated rings. The average Bonchev–Trinajstić information content (AvgIpc) is 2.21. The van der Waals surface area contributed by atoms with Gasteiger partial charge in [-0.2, -0.15) is 0 Å². The summed E-state index contributed by atoms with van der Waals surface area (Å²) in [5.74, 6) is 0.881. The lowest BCUT2D eigenvalue weighted by molar-refractivity contribution is -0.137. The van der Waals surface area contributed by atoms with E-state index in [0.29, 0.717) is 17.9 Å². The van der Waals surface area contributed by atoms with Crippen LogP contribution < -0.4 is 10.6 Å². The Morgan fingerprint density at radius 2 is 2.18 bits per heavy atom. The first kappa shape index (κ1) is 14.8. The maximum atomic E-state index is 12.3. The van der Waals surface area contributed by atoms with Gasteiger partial charge in [-0.05, 0) is 44.7 Å². The maximum absolute atomic E-state index is 12.3. The second-order valence-corrected chi connectivity index (χ2v) is 5.54. The molecule has 2 atom stereocenters. The third-order valence-corrected chi connectivity index (χ3v) is 4.57. The molecule has 100 valence electrons. The number of nitrogens with one attached hydrogen (secondary N) is 2. The van der Waals surface area contributed by atoms with Crippen molar-refractivity contribution in [1.82, 2.24) is 10.6 Å². The van der Waals surface area contributed by atoms with E-state index < -0.39 is 0 Å². The topological polar surface area (TPSA) is 41.1 Å². The van der Waals surface area contributed by atoms with E-state index >= 15 is 0 Å². The van der Waals surface area contributed by atoms with Gasteiger partial charge in [0.2, 0.25) is 5.91 Å². The number of amides is 1. The van der Waals surface area contributed by atoms with Crippen molar-refractivity contribution in [3.05, 3.63) is 0 Å². The van der Waals surface area contributed by atoms with E-state index in [9.17, 15) is 4.79 Å². The zero-order valence-electron chi connectivity index (χ0n) is 10.9. The molecule has 1 saturated heterocycles. The molecule has 2 N–H and O–H groups in total. The van der Waals surface area contributed by atoms with Crippen LogP contribution in [0.1, 0.15) is 46.0 Å². The van der Waals surface area contributed by atoms with Gasteiger partial charge in [0.25, 0.3) is 0 Å². The Bertz CT molecular complexity index is 261. The summed E-state index contributed by atoms with van der Waals surface area (Å²) in [5.41, 5.74) is -0.00933. The highest BCUT2D eigenvalue weighted by molar-refractivity contribution is 5.85. The summed E-state index contributed by atoms with van der Waals surface area (Å²) >= 11 is 0. The van der Waals surface area contributed by atoms with Gasteiger partial charge in [-0.25, -0.2) is 0 Å². The minimum Gasteiger partial charge on any atom is -0.353 e. The third kappa shape index (κ3) is 2.94. The first-order chi connectivity index (χ1) is 7.68. The molecule has 1 aliphatic heterocycles. The molecule has 0 aromatic heterocycles. The Balaban J connectivity index is 0.00000144. The first-order valence-electron chi connectivity index (χ1n) is 6.69. The van der Waals surface area contributed by atoms with Crippen molar-refractivity contribution in [2.24, 2.45) is 11.3 Å². The monoisotopic (exact) mass is 260 g/mol. The second-order valence-electron chi connectivity index (χ2n) is 5.54. The number of hydrogen-bond donors (Lipinski definition) is 2. The minimum atomic E-state index is -0.00933. The van der Waals surface area contributed by atoms with Crippen LogP contribution in [0.2, 0.25) is 0 Å². The fraction of sp³-hybridized carbons (Fsp3) is 0.923. The molecule has 1 heterocycles. The third-order valence-electron chi connectivity index (χ3n) is 4.57. The smallest absolute Gasteiger partial charge is 0.226 e. The molecule has 17 heavy (non-hydrogen) atoms. The lowest BCUT2D eigenvalue weighted by Gasteiger charge is -2.42. The van der Waals surface area contributed by atoms with E-state index in [1.54, 1.807) is 0 Å².